The first-order valence-corrected chi connectivity index (χ1v) is 12.7. The largest absolute Gasteiger partial charge is 0.473 e. The fraction of sp³-hybridized carbons (Fsp3) is 0.320. The predicted octanol–water partition coefficient (Wildman–Crippen LogP) is 5.19. The summed E-state index contributed by atoms with van der Waals surface area (Å²) < 4.78 is 7.25. The summed E-state index contributed by atoms with van der Waals surface area (Å²) in [5.74, 6) is 0.232. The van der Waals surface area contributed by atoms with E-state index >= 15 is 0 Å². The van der Waals surface area contributed by atoms with Gasteiger partial charge in [0.1, 0.15) is 11.8 Å². The maximum Gasteiger partial charge on any atom is 0.274 e. The van der Waals surface area contributed by atoms with Gasteiger partial charge in [-0.05, 0) is 55.5 Å². The zero-order valence-corrected chi connectivity index (χ0v) is 21.7. The van der Waals surface area contributed by atoms with E-state index in [0.29, 0.717) is 46.6 Å². The van der Waals surface area contributed by atoms with Gasteiger partial charge < -0.3 is 15.4 Å². The second kappa shape index (κ2) is 10.2. The van der Waals surface area contributed by atoms with Crippen LogP contribution < -0.4 is 15.4 Å². The predicted molar refractivity (Wildman–Crippen MR) is 142 cm³/mol. The molecule has 2 saturated carbocycles. The van der Waals surface area contributed by atoms with Gasteiger partial charge in [0.25, 0.3) is 11.8 Å². The Hall–Kier alpha value is -3.01. The molecule has 0 bridgehead atoms. The Kier molecular flexibility index (Phi) is 6.96. The Morgan fingerprint density at radius 2 is 1.97 bits per heavy atom. The number of ether oxygens (including phenoxy) is 1. The lowest BCUT2D eigenvalue weighted by atomic mass is 9.96. The Balaban J connectivity index is 1.47. The molecule has 186 valence electrons. The molecule has 0 spiro atoms. The molecule has 2 aliphatic rings. The van der Waals surface area contributed by atoms with Crippen LogP contribution in [0, 0.1) is 12.8 Å². The van der Waals surface area contributed by atoms with Crippen LogP contribution in [0.5, 0.6) is 5.88 Å². The number of nitrogens with zero attached hydrogens (tertiary/aromatic N) is 3. The third-order valence-corrected chi connectivity index (χ3v) is 6.94. The highest BCUT2D eigenvalue weighted by molar-refractivity contribution is 7.80. The van der Waals surface area contributed by atoms with E-state index in [1.165, 1.54) is 10.7 Å². The van der Waals surface area contributed by atoms with Crippen molar-refractivity contribution in [1.29, 1.82) is 0 Å². The van der Waals surface area contributed by atoms with E-state index < -0.39 is 5.91 Å². The maximum atomic E-state index is 13.6. The van der Waals surface area contributed by atoms with Gasteiger partial charge in [-0.2, -0.15) is 0 Å². The first-order chi connectivity index (χ1) is 17.3. The quantitative estimate of drug-likeness (QED) is 0.379. The number of pyridine rings is 1. The minimum atomic E-state index is -0.509. The van der Waals surface area contributed by atoms with Crippen molar-refractivity contribution in [2.45, 2.75) is 38.7 Å². The Labute approximate surface area is 223 Å². The van der Waals surface area contributed by atoms with Crippen LogP contribution in [0.15, 0.2) is 36.5 Å². The SMILES string of the molecule is Cc1cc(Cl)cc(C(=O)NCC2CC2)c1NC(=O)c1cc(OC2CC(=S)C2)nn1-c1ncccc1Cl. The topological polar surface area (TPSA) is 98.1 Å². The van der Waals surface area contributed by atoms with Gasteiger partial charge in [0.05, 0.1) is 16.3 Å². The molecule has 2 aliphatic carbocycles. The third-order valence-electron chi connectivity index (χ3n) is 6.09. The molecule has 2 fully saturated rings. The van der Waals surface area contributed by atoms with Gasteiger partial charge in [0.15, 0.2) is 5.82 Å². The minimum absolute atomic E-state index is 0.0868. The van der Waals surface area contributed by atoms with Crippen molar-refractivity contribution < 1.29 is 14.3 Å². The number of anilines is 1. The van der Waals surface area contributed by atoms with Gasteiger partial charge in [0.2, 0.25) is 5.88 Å². The Bertz CT molecular complexity index is 1360. The van der Waals surface area contributed by atoms with Gasteiger partial charge in [-0.1, -0.05) is 35.4 Å². The maximum absolute atomic E-state index is 13.6. The number of nitrogens with one attached hydrogen (secondary N) is 2. The molecule has 2 heterocycles. The summed E-state index contributed by atoms with van der Waals surface area (Å²) in [6, 6.07) is 8.11. The molecule has 2 amide bonds. The van der Waals surface area contributed by atoms with Crippen molar-refractivity contribution in [3.8, 4) is 11.7 Å². The summed E-state index contributed by atoms with van der Waals surface area (Å²) in [6.45, 7) is 2.37. The zero-order chi connectivity index (χ0) is 25.4. The van der Waals surface area contributed by atoms with Crippen LogP contribution in [0.3, 0.4) is 0 Å². The molecule has 8 nitrogen and oxygen atoms in total. The monoisotopic (exact) mass is 543 g/mol. The minimum Gasteiger partial charge on any atom is -0.473 e. The molecule has 2 N–H and O–H groups in total. The first kappa shape index (κ1) is 24.7. The molecule has 36 heavy (non-hydrogen) atoms. The number of rotatable bonds is 8. The highest BCUT2D eigenvalue weighted by Crippen LogP contribution is 2.31. The number of halogens is 2. The van der Waals surface area contributed by atoms with Gasteiger partial charge in [-0.25, -0.2) is 9.67 Å². The average molecular weight is 544 g/mol. The van der Waals surface area contributed by atoms with Crippen molar-refractivity contribution in [3.05, 3.63) is 63.4 Å². The van der Waals surface area contributed by atoms with Gasteiger partial charge in [-0.15, -0.1) is 5.10 Å². The first-order valence-electron chi connectivity index (χ1n) is 11.6. The van der Waals surface area contributed by atoms with Gasteiger partial charge in [0, 0.05) is 41.5 Å². The van der Waals surface area contributed by atoms with E-state index in [2.05, 4.69) is 20.7 Å². The number of hydrogen-bond donors (Lipinski definition) is 2. The lowest BCUT2D eigenvalue weighted by Crippen LogP contribution is -2.32. The molecule has 0 unspecified atom stereocenters. The summed E-state index contributed by atoms with van der Waals surface area (Å²) in [5.41, 5.74) is 1.44. The lowest BCUT2D eigenvalue weighted by molar-refractivity contribution is 0.0952. The molecule has 0 radical (unpaired) electrons. The summed E-state index contributed by atoms with van der Waals surface area (Å²) >= 11 is 17.8. The molecule has 1 aromatic carbocycles. The van der Waals surface area contributed by atoms with Crippen molar-refractivity contribution in [2.75, 3.05) is 11.9 Å². The van der Waals surface area contributed by atoms with Crippen molar-refractivity contribution in [3.63, 3.8) is 0 Å². The van der Waals surface area contributed by atoms with Crippen LogP contribution >= 0.6 is 35.4 Å². The number of thiocarbonyl (C=S) groups is 1. The molecular weight excluding hydrogens is 521 g/mol. The lowest BCUT2D eigenvalue weighted by Gasteiger charge is -2.26. The fourth-order valence-electron chi connectivity index (χ4n) is 3.90. The molecule has 3 aromatic rings. The van der Waals surface area contributed by atoms with Gasteiger partial charge in [-0.3, -0.25) is 9.59 Å². The number of carbonyl (C=O) groups is 2. The molecule has 0 atom stereocenters. The molecule has 11 heteroatoms. The van der Waals surface area contributed by atoms with E-state index in [4.69, 9.17) is 40.2 Å². The van der Waals surface area contributed by atoms with Crippen LogP contribution in [-0.4, -0.2) is 44.1 Å². The highest BCUT2D eigenvalue weighted by Gasteiger charge is 2.28. The second-order valence-corrected chi connectivity index (χ2v) is 10.4. The van der Waals surface area contributed by atoms with E-state index in [1.54, 1.807) is 37.4 Å². The number of carbonyl (C=O) groups excluding carboxylic acids is 2. The van der Waals surface area contributed by atoms with Crippen LogP contribution in [0.4, 0.5) is 5.69 Å². The van der Waals surface area contributed by atoms with Crippen LogP contribution in [0.1, 0.15) is 52.1 Å². The molecule has 2 aromatic heterocycles. The Morgan fingerprint density at radius 3 is 2.67 bits per heavy atom. The normalized spacial score (nSPS) is 15.4. The van der Waals surface area contributed by atoms with Crippen molar-refractivity contribution in [1.82, 2.24) is 20.1 Å². The standard InChI is InChI=1S/C25H23Cl2N5O3S/c1-13-7-15(26)8-18(24(33)29-12-14-4-5-14)22(13)30-25(34)20-11-21(35-16-9-17(36)10-16)31-32(20)23-19(27)3-2-6-28-23/h2-3,6-8,11,14,16H,4-5,9-10,12H2,1H3,(H,29,33)(H,30,34). The number of hydrogen-bond acceptors (Lipinski definition) is 6. The van der Waals surface area contributed by atoms with E-state index in [1.807, 2.05) is 0 Å². The number of benzene rings is 1. The summed E-state index contributed by atoms with van der Waals surface area (Å²) in [5, 5.41) is 11.0. The fourth-order valence-corrected chi connectivity index (χ4v) is 4.74. The average Bonchev–Trinajstić information content (AvgIpc) is 3.56. The van der Waals surface area contributed by atoms with Crippen molar-refractivity contribution in [2.24, 2.45) is 5.92 Å². The van der Waals surface area contributed by atoms with E-state index in [9.17, 15) is 9.59 Å². The summed E-state index contributed by atoms with van der Waals surface area (Å²) in [4.78, 5) is 31.7. The van der Waals surface area contributed by atoms with Crippen molar-refractivity contribution >= 4 is 57.8 Å². The van der Waals surface area contributed by atoms with Crippen LogP contribution in [0.2, 0.25) is 10.0 Å². The zero-order valence-electron chi connectivity index (χ0n) is 19.4. The third kappa shape index (κ3) is 5.38. The molecule has 0 saturated heterocycles. The number of aromatic nitrogens is 3. The van der Waals surface area contributed by atoms with Crippen LogP contribution in [0.25, 0.3) is 5.82 Å². The summed E-state index contributed by atoms with van der Waals surface area (Å²) in [7, 11) is 0. The van der Waals surface area contributed by atoms with Gasteiger partial charge >= 0.3 is 0 Å². The van der Waals surface area contributed by atoms with E-state index in [-0.39, 0.29) is 35.0 Å². The molecule has 5 rings (SSSR count). The second-order valence-electron chi connectivity index (χ2n) is 9.03. The molecular formula is C25H23Cl2N5O3S. The smallest absolute Gasteiger partial charge is 0.274 e. The number of aryl methyl sites for hydroxylation is 1. The Morgan fingerprint density at radius 1 is 1.19 bits per heavy atom. The molecule has 0 aliphatic heterocycles. The highest BCUT2D eigenvalue weighted by atomic mass is 35.5. The van der Waals surface area contributed by atoms with E-state index in [0.717, 1.165) is 17.7 Å². The number of amides is 2. The van der Waals surface area contributed by atoms with Crippen LogP contribution in [-0.2, 0) is 0 Å². The summed E-state index contributed by atoms with van der Waals surface area (Å²) in [6.07, 6.45) is 5.01.